The Balaban J connectivity index is 1.49. The molecule has 1 saturated heterocycles. The van der Waals surface area contributed by atoms with Gasteiger partial charge in [-0.1, -0.05) is 38.1 Å². The van der Waals surface area contributed by atoms with E-state index in [2.05, 4.69) is 28.1 Å². The van der Waals surface area contributed by atoms with Gasteiger partial charge < -0.3 is 9.64 Å². The van der Waals surface area contributed by atoms with Crippen LogP contribution in [0.15, 0.2) is 59.6 Å². The number of fused-ring (bicyclic) bond motifs is 1. The molecular formula is C26H32N4O4S. The molecule has 1 aromatic heterocycles. The number of carbonyl (C=O) groups is 1. The van der Waals surface area contributed by atoms with Crippen LogP contribution in [0.2, 0.25) is 0 Å². The summed E-state index contributed by atoms with van der Waals surface area (Å²) in [5, 5.41) is 1.12. The van der Waals surface area contributed by atoms with Gasteiger partial charge in [-0.05, 0) is 29.8 Å². The van der Waals surface area contributed by atoms with Gasteiger partial charge in [0.2, 0.25) is 10.0 Å². The fraction of sp³-hybridized carbons (Fsp3) is 0.385. The second-order valence-corrected chi connectivity index (χ2v) is 10.4. The fourth-order valence-corrected chi connectivity index (χ4v) is 6.03. The summed E-state index contributed by atoms with van der Waals surface area (Å²) in [6.07, 6.45) is 1.81. The number of sulfonamides is 1. The molecule has 186 valence electrons. The maximum atomic E-state index is 13.4. The van der Waals surface area contributed by atoms with Gasteiger partial charge in [-0.25, -0.2) is 8.42 Å². The Kier molecular flexibility index (Phi) is 7.69. The predicted octanol–water partition coefficient (Wildman–Crippen LogP) is 3.23. The monoisotopic (exact) mass is 496 g/mol. The predicted molar refractivity (Wildman–Crippen MR) is 136 cm³/mol. The van der Waals surface area contributed by atoms with Crippen molar-refractivity contribution in [3.8, 4) is 5.75 Å². The molecule has 0 atom stereocenters. The van der Waals surface area contributed by atoms with E-state index < -0.39 is 10.0 Å². The second kappa shape index (κ2) is 10.7. The Morgan fingerprint density at radius 1 is 1.03 bits per heavy atom. The van der Waals surface area contributed by atoms with Crippen LogP contribution in [0.3, 0.4) is 0 Å². The zero-order valence-corrected chi connectivity index (χ0v) is 21.3. The van der Waals surface area contributed by atoms with Crippen molar-refractivity contribution in [2.45, 2.75) is 25.3 Å². The normalized spacial score (nSPS) is 15.0. The number of piperazine rings is 1. The summed E-state index contributed by atoms with van der Waals surface area (Å²) < 4.78 is 32.8. The standard InChI is InChI=1S/C26H32N4O4S/c1-4-30(5-2)35(32,33)22-11-12-24(34-3)23(18-22)26(31)29-16-14-28(15-17-29)19-21-9-6-8-20-10-7-13-27-25(20)21/h6-13,18H,4-5,14-17,19H2,1-3H3. The van der Waals surface area contributed by atoms with Crippen molar-refractivity contribution in [3.05, 3.63) is 65.9 Å². The number of hydrogen-bond acceptors (Lipinski definition) is 6. The molecule has 9 heteroatoms. The molecule has 1 aliphatic rings. The lowest BCUT2D eigenvalue weighted by Crippen LogP contribution is -2.48. The summed E-state index contributed by atoms with van der Waals surface area (Å²) in [4.78, 5) is 22.1. The first-order valence-corrected chi connectivity index (χ1v) is 13.4. The molecule has 8 nitrogen and oxygen atoms in total. The average Bonchev–Trinajstić information content (AvgIpc) is 2.89. The molecule has 1 aliphatic heterocycles. The van der Waals surface area contributed by atoms with Gasteiger partial charge in [-0.3, -0.25) is 14.7 Å². The third kappa shape index (κ3) is 5.17. The van der Waals surface area contributed by atoms with Crippen LogP contribution in [0.4, 0.5) is 0 Å². The number of amides is 1. The lowest BCUT2D eigenvalue weighted by molar-refractivity contribution is 0.0625. The van der Waals surface area contributed by atoms with Crippen molar-refractivity contribution < 1.29 is 17.9 Å². The van der Waals surface area contributed by atoms with E-state index in [9.17, 15) is 13.2 Å². The highest BCUT2D eigenvalue weighted by molar-refractivity contribution is 7.89. The van der Waals surface area contributed by atoms with E-state index in [1.54, 1.807) is 24.8 Å². The molecule has 0 spiro atoms. The molecule has 4 rings (SSSR count). The van der Waals surface area contributed by atoms with Gasteiger partial charge in [-0.15, -0.1) is 0 Å². The zero-order valence-electron chi connectivity index (χ0n) is 20.5. The van der Waals surface area contributed by atoms with E-state index in [0.29, 0.717) is 45.0 Å². The summed E-state index contributed by atoms with van der Waals surface area (Å²) in [5.74, 6) is 0.155. The molecule has 3 aromatic rings. The van der Waals surface area contributed by atoms with Crippen LogP contribution in [0.1, 0.15) is 29.8 Å². The summed E-state index contributed by atoms with van der Waals surface area (Å²) in [6.45, 7) is 7.61. The van der Waals surface area contributed by atoms with Gasteiger partial charge in [0.05, 0.1) is 23.1 Å². The van der Waals surface area contributed by atoms with Gasteiger partial charge in [0.1, 0.15) is 5.75 Å². The topological polar surface area (TPSA) is 83.0 Å². The Bertz CT molecular complexity index is 1290. The van der Waals surface area contributed by atoms with Gasteiger partial charge in [0.25, 0.3) is 5.91 Å². The first kappa shape index (κ1) is 25.1. The molecule has 2 aromatic carbocycles. The van der Waals surface area contributed by atoms with Gasteiger partial charge in [0, 0.05) is 57.4 Å². The Morgan fingerprint density at radius 3 is 2.43 bits per heavy atom. The van der Waals surface area contributed by atoms with Gasteiger partial charge >= 0.3 is 0 Å². The first-order valence-electron chi connectivity index (χ1n) is 11.9. The highest BCUT2D eigenvalue weighted by Gasteiger charge is 2.28. The minimum absolute atomic E-state index is 0.104. The number of pyridine rings is 1. The van der Waals surface area contributed by atoms with Crippen molar-refractivity contribution in [2.75, 3.05) is 46.4 Å². The number of ether oxygens (including phenoxy) is 1. The van der Waals surface area contributed by atoms with Crippen molar-refractivity contribution in [2.24, 2.45) is 0 Å². The van der Waals surface area contributed by atoms with Crippen molar-refractivity contribution >= 4 is 26.8 Å². The third-order valence-electron chi connectivity index (χ3n) is 6.51. The second-order valence-electron chi connectivity index (χ2n) is 8.51. The Labute approximate surface area is 207 Å². The zero-order chi connectivity index (χ0) is 25.0. The number of benzene rings is 2. The molecule has 2 heterocycles. The summed E-state index contributed by atoms with van der Waals surface area (Å²) in [6, 6.07) is 14.7. The van der Waals surface area contributed by atoms with Crippen LogP contribution in [0.25, 0.3) is 10.9 Å². The van der Waals surface area contributed by atoms with Crippen molar-refractivity contribution in [3.63, 3.8) is 0 Å². The van der Waals surface area contributed by atoms with E-state index in [-0.39, 0.29) is 16.4 Å². The molecule has 35 heavy (non-hydrogen) atoms. The van der Waals surface area contributed by atoms with Crippen LogP contribution in [-0.2, 0) is 16.6 Å². The molecular weight excluding hydrogens is 464 g/mol. The van der Waals surface area contributed by atoms with Crippen LogP contribution < -0.4 is 4.74 Å². The van der Waals surface area contributed by atoms with E-state index in [0.717, 1.165) is 17.4 Å². The number of aromatic nitrogens is 1. The summed E-state index contributed by atoms with van der Waals surface area (Å²) in [7, 11) is -2.19. The third-order valence-corrected chi connectivity index (χ3v) is 8.56. The molecule has 1 fully saturated rings. The molecule has 0 N–H and O–H groups in total. The van der Waals surface area contributed by atoms with E-state index in [1.807, 2.05) is 18.3 Å². The van der Waals surface area contributed by atoms with Crippen molar-refractivity contribution in [1.29, 1.82) is 0 Å². The lowest BCUT2D eigenvalue weighted by Gasteiger charge is -2.35. The number of methoxy groups -OCH3 is 1. The Morgan fingerprint density at radius 2 is 1.74 bits per heavy atom. The highest BCUT2D eigenvalue weighted by atomic mass is 32.2. The van der Waals surface area contributed by atoms with Crippen LogP contribution in [-0.4, -0.2) is 79.8 Å². The maximum absolute atomic E-state index is 13.4. The number of para-hydroxylation sites is 1. The molecule has 0 bridgehead atoms. The molecule has 1 amide bonds. The van der Waals surface area contributed by atoms with Crippen LogP contribution in [0.5, 0.6) is 5.75 Å². The minimum atomic E-state index is -3.68. The van der Waals surface area contributed by atoms with E-state index in [1.165, 1.54) is 29.1 Å². The van der Waals surface area contributed by atoms with Gasteiger partial charge in [0.15, 0.2) is 0 Å². The first-order chi connectivity index (χ1) is 16.9. The smallest absolute Gasteiger partial charge is 0.257 e. The van der Waals surface area contributed by atoms with Crippen LogP contribution >= 0.6 is 0 Å². The summed E-state index contributed by atoms with van der Waals surface area (Å²) in [5.41, 5.74) is 2.44. The van der Waals surface area contributed by atoms with E-state index >= 15 is 0 Å². The average molecular weight is 497 g/mol. The summed E-state index contributed by atoms with van der Waals surface area (Å²) >= 11 is 0. The number of hydrogen-bond donors (Lipinski definition) is 0. The van der Waals surface area contributed by atoms with Crippen molar-refractivity contribution in [1.82, 2.24) is 19.1 Å². The fourth-order valence-electron chi connectivity index (χ4n) is 4.54. The largest absolute Gasteiger partial charge is 0.496 e. The molecule has 0 unspecified atom stereocenters. The van der Waals surface area contributed by atoms with E-state index in [4.69, 9.17) is 4.74 Å². The molecule has 0 aliphatic carbocycles. The number of carbonyl (C=O) groups excluding carboxylic acids is 1. The number of rotatable bonds is 8. The minimum Gasteiger partial charge on any atom is -0.496 e. The SMILES string of the molecule is CCN(CC)S(=O)(=O)c1ccc(OC)c(C(=O)N2CCN(Cc3cccc4cccnc34)CC2)c1. The van der Waals surface area contributed by atoms with Gasteiger partial charge in [-0.2, -0.15) is 4.31 Å². The lowest BCUT2D eigenvalue weighted by atomic mass is 10.1. The molecule has 0 radical (unpaired) electrons. The van der Waals surface area contributed by atoms with Crippen LogP contribution in [0, 0.1) is 0 Å². The number of nitrogens with zero attached hydrogens (tertiary/aromatic N) is 4. The Hall–Kier alpha value is -3.01. The molecule has 0 saturated carbocycles. The maximum Gasteiger partial charge on any atom is 0.257 e. The quantitative estimate of drug-likeness (QED) is 0.476. The highest BCUT2D eigenvalue weighted by Crippen LogP contribution is 2.27.